The van der Waals surface area contributed by atoms with E-state index in [-0.39, 0.29) is 5.54 Å². The van der Waals surface area contributed by atoms with Crippen LogP contribution in [0, 0.1) is 11.8 Å². The van der Waals surface area contributed by atoms with Gasteiger partial charge in [0.15, 0.2) is 5.96 Å². The second-order valence-corrected chi connectivity index (χ2v) is 6.60. The molecular weight excluding hydrogens is 262 g/mol. The molecule has 0 aromatic heterocycles. The zero-order chi connectivity index (χ0) is 15.0. The van der Waals surface area contributed by atoms with Crippen molar-refractivity contribution in [3.05, 3.63) is 24.3 Å². The number of hydrogen-bond donors (Lipinski definition) is 1. The molecule has 3 unspecified atom stereocenters. The summed E-state index contributed by atoms with van der Waals surface area (Å²) < 4.78 is 5.54. The Morgan fingerprint density at radius 1 is 1.29 bits per heavy atom. The van der Waals surface area contributed by atoms with Gasteiger partial charge in [-0.1, -0.05) is 26.0 Å². The molecule has 1 spiro atoms. The van der Waals surface area contributed by atoms with Gasteiger partial charge in [0.25, 0.3) is 0 Å². The number of nitrogens with zero attached hydrogens (tertiary/aromatic N) is 2. The normalized spacial score (nSPS) is 32.3. The second-order valence-electron chi connectivity index (χ2n) is 6.60. The molecule has 3 atom stereocenters. The zero-order valence-corrected chi connectivity index (χ0v) is 13.2. The summed E-state index contributed by atoms with van der Waals surface area (Å²) in [5, 5.41) is 0. The minimum Gasteiger partial charge on any atom is -0.495 e. The van der Waals surface area contributed by atoms with E-state index in [2.05, 4.69) is 29.8 Å². The first-order valence-corrected chi connectivity index (χ1v) is 7.80. The summed E-state index contributed by atoms with van der Waals surface area (Å²) >= 11 is 0. The highest BCUT2D eigenvalue weighted by molar-refractivity contribution is 5.99. The average Bonchev–Trinajstić information content (AvgIpc) is 2.80. The number of aliphatic imine (C=N–C) groups is 1. The molecule has 0 radical (unpaired) electrons. The van der Waals surface area contributed by atoms with Crippen LogP contribution in [0.5, 0.6) is 5.75 Å². The summed E-state index contributed by atoms with van der Waals surface area (Å²) in [6, 6.07) is 8.09. The number of anilines is 1. The minimum absolute atomic E-state index is 0.0324. The second kappa shape index (κ2) is 5.24. The lowest BCUT2D eigenvalue weighted by atomic mass is 9.70. The molecule has 21 heavy (non-hydrogen) atoms. The van der Waals surface area contributed by atoms with Crippen molar-refractivity contribution in [1.29, 1.82) is 0 Å². The lowest BCUT2D eigenvalue weighted by Gasteiger charge is -2.46. The monoisotopic (exact) mass is 287 g/mol. The van der Waals surface area contributed by atoms with Crippen molar-refractivity contribution >= 4 is 11.6 Å². The average molecular weight is 287 g/mol. The predicted octanol–water partition coefficient (Wildman–Crippen LogP) is 3.02. The lowest BCUT2D eigenvalue weighted by Crippen LogP contribution is -2.55. The highest BCUT2D eigenvalue weighted by atomic mass is 16.5. The predicted molar refractivity (Wildman–Crippen MR) is 86.9 cm³/mol. The number of hydrogen-bond acceptors (Lipinski definition) is 4. The van der Waals surface area contributed by atoms with Crippen molar-refractivity contribution in [3.8, 4) is 5.75 Å². The summed E-state index contributed by atoms with van der Waals surface area (Å²) in [5.74, 6) is 2.96. The van der Waals surface area contributed by atoms with Gasteiger partial charge in [-0.15, -0.1) is 0 Å². The Hall–Kier alpha value is -1.71. The van der Waals surface area contributed by atoms with E-state index < -0.39 is 0 Å². The third-order valence-corrected chi connectivity index (χ3v) is 5.30. The molecule has 1 aliphatic carbocycles. The van der Waals surface area contributed by atoms with Crippen LogP contribution in [0.15, 0.2) is 29.3 Å². The van der Waals surface area contributed by atoms with Gasteiger partial charge in [0.2, 0.25) is 0 Å². The molecule has 1 aliphatic heterocycles. The summed E-state index contributed by atoms with van der Waals surface area (Å²) in [6.07, 6.45) is 3.51. The summed E-state index contributed by atoms with van der Waals surface area (Å²) in [6.45, 7) is 5.50. The van der Waals surface area contributed by atoms with Crippen LogP contribution in [0.1, 0.15) is 33.1 Å². The van der Waals surface area contributed by atoms with Crippen molar-refractivity contribution in [3.63, 3.8) is 0 Å². The molecule has 1 aromatic carbocycles. The lowest BCUT2D eigenvalue weighted by molar-refractivity contribution is 0.188. The van der Waals surface area contributed by atoms with Crippen molar-refractivity contribution in [1.82, 2.24) is 0 Å². The van der Waals surface area contributed by atoms with E-state index in [9.17, 15) is 0 Å². The van der Waals surface area contributed by atoms with E-state index in [1.54, 1.807) is 7.11 Å². The van der Waals surface area contributed by atoms with Gasteiger partial charge >= 0.3 is 0 Å². The third kappa shape index (κ3) is 2.27. The summed E-state index contributed by atoms with van der Waals surface area (Å²) in [4.78, 5) is 6.80. The molecule has 4 nitrogen and oxygen atoms in total. The first kappa shape index (κ1) is 14.2. The molecule has 4 heteroatoms. The van der Waals surface area contributed by atoms with E-state index in [1.165, 1.54) is 6.42 Å². The fourth-order valence-electron chi connectivity index (χ4n) is 3.84. The van der Waals surface area contributed by atoms with E-state index >= 15 is 0 Å². The molecular formula is C17H25N3O. The Morgan fingerprint density at radius 3 is 2.76 bits per heavy atom. The Kier molecular flexibility index (Phi) is 3.56. The van der Waals surface area contributed by atoms with Gasteiger partial charge in [-0.3, -0.25) is 4.99 Å². The van der Waals surface area contributed by atoms with E-state index in [4.69, 9.17) is 10.5 Å². The zero-order valence-electron chi connectivity index (χ0n) is 13.2. The quantitative estimate of drug-likeness (QED) is 0.909. The molecule has 114 valence electrons. The standard InChI is InChI=1S/C17H25N3O/c1-12-8-9-17(10-13(12)2)11-19-16(18)20(17)14-6-4-5-7-15(14)21-3/h4-7,12-13H,8-11H2,1-3H3,(H2,18,19). The van der Waals surface area contributed by atoms with Crippen molar-refractivity contribution in [2.75, 3.05) is 18.6 Å². The Bertz CT molecular complexity index is 557. The molecule has 0 saturated heterocycles. The van der Waals surface area contributed by atoms with Crippen LogP contribution in [0.3, 0.4) is 0 Å². The molecule has 3 rings (SSSR count). The Labute approximate surface area is 127 Å². The fourth-order valence-corrected chi connectivity index (χ4v) is 3.84. The molecule has 1 aromatic rings. The molecule has 2 N–H and O–H groups in total. The number of benzene rings is 1. The molecule has 0 bridgehead atoms. The number of rotatable bonds is 2. The van der Waals surface area contributed by atoms with Crippen LogP contribution in [0.4, 0.5) is 5.69 Å². The van der Waals surface area contributed by atoms with Crippen molar-refractivity contribution < 1.29 is 4.74 Å². The third-order valence-electron chi connectivity index (χ3n) is 5.30. The fraction of sp³-hybridized carbons (Fsp3) is 0.588. The van der Waals surface area contributed by atoms with E-state index in [0.29, 0.717) is 11.9 Å². The Morgan fingerprint density at radius 2 is 2.05 bits per heavy atom. The smallest absolute Gasteiger partial charge is 0.196 e. The first-order valence-electron chi connectivity index (χ1n) is 7.80. The number of methoxy groups -OCH3 is 1. The molecule has 1 saturated carbocycles. The van der Waals surface area contributed by atoms with Crippen LogP contribution in [-0.4, -0.2) is 25.2 Å². The number of nitrogens with two attached hydrogens (primary N) is 1. The highest BCUT2D eigenvalue weighted by Gasteiger charge is 2.47. The van der Waals surface area contributed by atoms with Crippen molar-refractivity contribution in [2.24, 2.45) is 22.6 Å². The maximum absolute atomic E-state index is 6.24. The molecule has 2 aliphatic rings. The largest absolute Gasteiger partial charge is 0.495 e. The Balaban J connectivity index is 2.00. The van der Waals surface area contributed by atoms with Gasteiger partial charge in [0.05, 0.1) is 24.9 Å². The van der Waals surface area contributed by atoms with Crippen LogP contribution in [-0.2, 0) is 0 Å². The SMILES string of the molecule is COc1ccccc1N1C(N)=NCC12CCC(C)C(C)C2. The van der Waals surface area contributed by atoms with Gasteiger partial charge in [-0.05, 0) is 43.2 Å². The summed E-state index contributed by atoms with van der Waals surface area (Å²) in [5.41, 5.74) is 7.32. The van der Waals surface area contributed by atoms with Crippen LogP contribution < -0.4 is 15.4 Å². The summed E-state index contributed by atoms with van der Waals surface area (Å²) in [7, 11) is 1.71. The minimum atomic E-state index is 0.0324. The number of guanidine groups is 1. The van der Waals surface area contributed by atoms with E-state index in [1.807, 2.05) is 18.2 Å². The number of ether oxygens (including phenoxy) is 1. The van der Waals surface area contributed by atoms with Gasteiger partial charge in [-0.2, -0.15) is 0 Å². The van der Waals surface area contributed by atoms with E-state index in [0.717, 1.165) is 36.7 Å². The molecule has 1 heterocycles. The molecule has 1 fully saturated rings. The highest BCUT2D eigenvalue weighted by Crippen LogP contribution is 2.46. The van der Waals surface area contributed by atoms with Gasteiger partial charge in [0, 0.05) is 0 Å². The number of para-hydroxylation sites is 2. The topological polar surface area (TPSA) is 50.9 Å². The maximum Gasteiger partial charge on any atom is 0.196 e. The van der Waals surface area contributed by atoms with Gasteiger partial charge < -0.3 is 15.4 Å². The van der Waals surface area contributed by atoms with Crippen LogP contribution in [0.2, 0.25) is 0 Å². The van der Waals surface area contributed by atoms with Crippen molar-refractivity contribution in [2.45, 2.75) is 38.6 Å². The maximum atomic E-state index is 6.24. The van der Waals surface area contributed by atoms with Gasteiger partial charge in [-0.25, -0.2) is 0 Å². The van der Waals surface area contributed by atoms with Crippen LogP contribution >= 0.6 is 0 Å². The first-order chi connectivity index (χ1) is 10.1. The van der Waals surface area contributed by atoms with Crippen LogP contribution in [0.25, 0.3) is 0 Å². The molecule has 0 amide bonds. The van der Waals surface area contributed by atoms with Gasteiger partial charge in [0.1, 0.15) is 5.75 Å².